The molecule has 1 amide bonds. The number of fused-ring (bicyclic) bond motifs is 1. The highest BCUT2D eigenvalue weighted by atomic mass is 16.1. The van der Waals surface area contributed by atoms with E-state index in [9.17, 15) is 4.79 Å². The Morgan fingerprint density at radius 1 is 1.28 bits per heavy atom. The minimum Gasteiger partial charge on any atom is -0.380 e. The molecule has 0 unspecified atom stereocenters. The SMILES string of the molecule is NC(=O)C1=CNC=CC1=C1CNc2ccccc21. The summed E-state index contributed by atoms with van der Waals surface area (Å²) in [6.07, 6.45) is 5.33. The number of hydrogen-bond donors (Lipinski definition) is 3. The highest BCUT2D eigenvalue weighted by Gasteiger charge is 2.22. The lowest BCUT2D eigenvalue weighted by Crippen LogP contribution is -2.20. The Bertz CT molecular complexity index is 611. The van der Waals surface area contributed by atoms with E-state index >= 15 is 0 Å². The fraction of sp³-hybridized carbons (Fsp3) is 0.0714. The van der Waals surface area contributed by atoms with Gasteiger partial charge in [-0.3, -0.25) is 4.79 Å². The van der Waals surface area contributed by atoms with E-state index in [0.717, 1.165) is 22.4 Å². The smallest absolute Gasteiger partial charge is 0.250 e. The Balaban J connectivity index is 2.16. The van der Waals surface area contributed by atoms with Crippen LogP contribution in [0.2, 0.25) is 0 Å². The Hall–Kier alpha value is -2.49. The van der Waals surface area contributed by atoms with Crippen molar-refractivity contribution in [3.05, 3.63) is 59.5 Å². The lowest BCUT2D eigenvalue weighted by atomic mass is 9.94. The van der Waals surface area contributed by atoms with E-state index in [4.69, 9.17) is 5.73 Å². The molecule has 2 aliphatic rings. The first-order valence-electron chi connectivity index (χ1n) is 5.77. The zero-order chi connectivity index (χ0) is 12.5. The average Bonchev–Trinajstić information content (AvgIpc) is 2.82. The van der Waals surface area contributed by atoms with Crippen molar-refractivity contribution >= 4 is 17.2 Å². The van der Waals surface area contributed by atoms with Gasteiger partial charge in [0, 0.05) is 30.2 Å². The molecule has 0 spiro atoms. The maximum Gasteiger partial charge on any atom is 0.250 e. The quantitative estimate of drug-likeness (QED) is 0.693. The molecule has 2 aliphatic heterocycles. The van der Waals surface area contributed by atoms with Crippen LogP contribution in [0.3, 0.4) is 0 Å². The van der Waals surface area contributed by atoms with Gasteiger partial charge in [-0.05, 0) is 23.3 Å². The molecule has 3 rings (SSSR count). The summed E-state index contributed by atoms with van der Waals surface area (Å²) in [7, 11) is 0. The molecule has 4 heteroatoms. The van der Waals surface area contributed by atoms with Gasteiger partial charge in [-0.15, -0.1) is 0 Å². The van der Waals surface area contributed by atoms with Gasteiger partial charge in [0.05, 0.1) is 5.57 Å². The van der Waals surface area contributed by atoms with Gasteiger partial charge in [0.2, 0.25) is 0 Å². The number of hydrogen-bond acceptors (Lipinski definition) is 3. The van der Waals surface area contributed by atoms with Gasteiger partial charge in [0.25, 0.3) is 5.91 Å². The van der Waals surface area contributed by atoms with Crippen LogP contribution < -0.4 is 16.4 Å². The molecule has 0 atom stereocenters. The molecular formula is C14H13N3O. The summed E-state index contributed by atoms with van der Waals surface area (Å²) in [5.41, 5.74) is 10.1. The van der Waals surface area contributed by atoms with Gasteiger partial charge in [-0.1, -0.05) is 18.2 Å². The standard InChI is InChI=1S/C14H13N3O/c15-14(18)12-7-16-6-5-9(12)11-8-17-13-4-2-1-3-10(11)13/h1-7,16-17H,8H2,(H2,15,18). The third-order valence-corrected chi connectivity index (χ3v) is 3.16. The van der Waals surface area contributed by atoms with Gasteiger partial charge in [0.15, 0.2) is 0 Å². The number of allylic oxidation sites excluding steroid dienone is 1. The molecule has 4 nitrogen and oxygen atoms in total. The lowest BCUT2D eigenvalue weighted by molar-refractivity contribution is -0.114. The molecule has 0 bridgehead atoms. The minimum absolute atomic E-state index is 0.418. The number of carbonyl (C=O) groups is 1. The summed E-state index contributed by atoms with van der Waals surface area (Å²) in [6, 6.07) is 8.06. The van der Waals surface area contributed by atoms with E-state index in [1.165, 1.54) is 0 Å². The summed E-state index contributed by atoms with van der Waals surface area (Å²) in [5, 5.41) is 6.21. The average molecular weight is 239 g/mol. The molecular weight excluding hydrogens is 226 g/mol. The van der Waals surface area contributed by atoms with Gasteiger partial charge >= 0.3 is 0 Å². The number of dihydropyridines is 1. The summed E-state index contributed by atoms with van der Waals surface area (Å²) >= 11 is 0. The van der Waals surface area contributed by atoms with Crippen molar-refractivity contribution in [2.75, 3.05) is 11.9 Å². The Kier molecular flexibility index (Phi) is 2.41. The largest absolute Gasteiger partial charge is 0.380 e. The van der Waals surface area contributed by atoms with Crippen molar-refractivity contribution in [2.45, 2.75) is 0 Å². The summed E-state index contributed by atoms with van der Waals surface area (Å²) in [6.45, 7) is 0.712. The van der Waals surface area contributed by atoms with Crippen molar-refractivity contribution in [3.63, 3.8) is 0 Å². The zero-order valence-corrected chi connectivity index (χ0v) is 9.73. The van der Waals surface area contributed by atoms with E-state index in [1.807, 2.05) is 30.3 Å². The van der Waals surface area contributed by atoms with Crippen molar-refractivity contribution < 1.29 is 4.79 Å². The molecule has 0 saturated heterocycles. The van der Waals surface area contributed by atoms with E-state index < -0.39 is 5.91 Å². The topological polar surface area (TPSA) is 67.2 Å². The second-order valence-electron chi connectivity index (χ2n) is 4.21. The predicted octanol–water partition coefficient (Wildman–Crippen LogP) is 1.35. The van der Waals surface area contributed by atoms with Crippen LogP contribution in [0.25, 0.3) is 5.57 Å². The molecule has 1 aromatic rings. The zero-order valence-electron chi connectivity index (χ0n) is 9.73. The highest BCUT2D eigenvalue weighted by Crippen LogP contribution is 2.35. The van der Waals surface area contributed by atoms with Crippen LogP contribution in [-0.4, -0.2) is 12.5 Å². The lowest BCUT2D eigenvalue weighted by Gasteiger charge is -2.13. The number of amides is 1. The van der Waals surface area contributed by atoms with Crippen LogP contribution in [0.4, 0.5) is 5.69 Å². The molecule has 4 N–H and O–H groups in total. The van der Waals surface area contributed by atoms with E-state index in [0.29, 0.717) is 12.1 Å². The van der Waals surface area contributed by atoms with Gasteiger partial charge < -0.3 is 16.4 Å². The van der Waals surface area contributed by atoms with Crippen LogP contribution in [0.15, 0.2) is 53.9 Å². The van der Waals surface area contributed by atoms with Crippen LogP contribution >= 0.6 is 0 Å². The maximum absolute atomic E-state index is 11.5. The summed E-state index contributed by atoms with van der Waals surface area (Å²) in [5.74, 6) is -0.418. The molecule has 0 radical (unpaired) electrons. The number of carbonyl (C=O) groups excluding carboxylic acids is 1. The molecule has 18 heavy (non-hydrogen) atoms. The molecule has 0 saturated carbocycles. The molecule has 0 aliphatic carbocycles. The first kappa shape index (κ1) is 10.7. The van der Waals surface area contributed by atoms with E-state index in [1.54, 1.807) is 12.4 Å². The second-order valence-corrected chi connectivity index (χ2v) is 4.21. The van der Waals surface area contributed by atoms with Crippen molar-refractivity contribution in [3.8, 4) is 0 Å². The van der Waals surface area contributed by atoms with Crippen LogP contribution in [0, 0.1) is 0 Å². The first-order chi connectivity index (χ1) is 8.77. The predicted molar refractivity (Wildman–Crippen MR) is 71.4 cm³/mol. The fourth-order valence-corrected chi connectivity index (χ4v) is 2.32. The normalized spacial score (nSPS) is 20.8. The third-order valence-electron chi connectivity index (χ3n) is 3.16. The fourth-order valence-electron chi connectivity index (χ4n) is 2.32. The van der Waals surface area contributed by atoms with Crippen molar-refractivity contribution in [1.29, 1.82) is 0 Å². The Morgan fingerprint density at radius 2 is 2.11 bits per heavy atom. The maximum atomic E-state index is 11.5. The number of rotatable bonds is 1. The third kappa shape index (κ3) is 1.59. The van der Waals surface area contributed by atoms with Crippen LogP contribution in [0.1, 0.15) is 5.56 Å². The first-order valence-corrected chi connectivity index (χ1v) is 5.77. The Labute approximate surface area is 105 Å². The summed E-state index contributed by atoms with van der Waals surface area (Å²) < 4.78 is 0. The van der Waals surface area contributed by atoms with Gasteiger partial charge in [-0.25, -0.2) is 0 Å². The minimum atomic E-state index is -0.418. The highest BCUT2D eigenvalue weighted by molar-refractivity contribution is 6.02. The van der Waals surface area contributed by atoms with E-state index in [-0.39, 0.29) is 0 Å². The number of para-hydroxylation sites is 1. The van der Waals surface area contributed by atoms with Gasteiger partial charge in [-0.2, -0.15) is 0 Å². The van der Waals surface area contributed by atoms with Crippen molar-refractivity contribution in [2.24, 2.45) is 5.73 Å². The molecule has 1 aromatic carbocycles. The monoisotopic (exact) mass is 239 g/mol. The number of nitrogens with two attached hydrogens (primary N) is 1. The van der Waals surface area contributed by atoms with Crippen molar-refractivity contribution in [1.82, 2.24) is 5.32 Å². The van der Waals surface area contributed by atoms with Gasteiger partial charge in [0.1, 0.15) is 0 Å². The van der Waals surface area contributed by atoms with Crippen LogP contribution in [0.5, 0.6) is 0 Å². The second kappa shape index (κ2) is 4.07. The molecule has 0 aromatic heterocycles. The molecule has 2 heterocycles. The molecule has 90 valence electrons. The summed E-state index contributed by atoms with van der Waals surface area (Å²) in [4.78, 5) is 11.5. The number of nitrogens with one attached hydrogen (secondary N) is 2. The number of primary amides is 1. The van der Waals surface area contributed by atoms with E-state index in [2.05, 4.69) is 10.6 Å². The molecule has 0 fully saturated rings. The number of anilines is 1. The Morgan fingerprint density at radius 3 is 2.94 bits per heavy atom. The number of benzene rings is 1. The van der Waals surface area contributed by atoms with Crippen LogP contribution in [-0.2, 0) is 4.79 Å².